The van der Waals surface area contributed by atoms with E-state index < -0.39 is 0 Å². The van der Waals surface area contributed by atoms with Gasteiger partial charge in [0.05, 0.1) is 11.4 Å². The van der Waals surface area contributed by atoms with Crippen LogP contribution in [0.2, 0.25) is 0 Å². The quantitative estimate of drug-likeness (QED) is 0.503. The number of hydrogen-bond donors (Lipinski definition) is 2. The Balaban J connectivity index is 2.00. The van der Waals surface area contributed by atoms with Crippen LogP contribution in [-0.4, -0.2) is 36.9 Å². The topological polar surface area (TPSA) is 81.6 Å². The van der Waals surface area contributed by atoms with Gasteiger partial charge in [-0.05, 0) is 56.3 Å². The first-order valence-electron chi connectivity index (χ1n) is 9.20. The highest BCUT2D eigenvalue weighted by atomic mass is 16.5. The van der Waals surface area contributed by atoms with Crippen LogP contribution in [0, 0.1) is 0 Å². The van der Waals surface area contributed by atoms with Gasteiger partial charge in [0.25, 0.3) is 0 Å². The highest BCUT2D eigenvalue weighted by molar-refractivity contribution is 6.10. The van der Waals surface area contributed by atoms with Gasteiger partial charge >= 0.3 is 0 Å². The Bertz CT molecular complexity index is 725. The minimum atomic E-state index is -0.0965. The molecule has 0 amide bonds. The number of nitrogen functional groups attached to an aromatic ring is 2. The zero-order valence-corrected chi connectivity index (χ0v) is 15.7. The van der Waals surface area contributed by atoms with Gasteiger partial charge in [-0.2, -0.15) is 0 Å². The summed E-state index contributed by atoms with van der Waals surface area (Å²) in [6.45, 7) is 8.01. The number of anilines is 2. The molecule has 0 aliphatic carbocycles. The zero-order valence-electron chi connectivity index (χ0n) is 15.7. The summed E-state index contributed by atoms with van der Waals surface area (Å²) in [5.74, 6) is 0.605. The second kappa shape index (κ2) is 9.82. The lowest BCUT2D eigenvalue weighted by molar-refractivity contribution is 0.103. The number of rotatable bonds is 10. The Kier molecular flexibility index (Phi) is 7.48. The number of nitrogens with zero attached hydrogens (tertiary/aromatic N) is 1. The molecule has 0 unspecified atom stereocenters. The summed E-state index contributed by atoms with van der Waals surface area (Å²) in [4.78, 5) is 15.0. The summed E-state index contributed by atoms with van der Waals surface area (Å²) in [5, 5.41) is 0. The minimum absolute atomic E-state index is 0.0965. The average Bonchev–Trinajstić information content (AvgIpc) is 2.64. The van der Waals surface area contributed by atoms with E-state index in [1.54, 1.807) is 30.3 Å². The van der Waals surface area contributed by atoms with Crippen molar-refractivity contribution in [3.8, 4) is 5.75 Å². The first-order chi connectivity index (χ1) is 12.5. The predicted octanol–water partition coefficient (Wildman–Crippen LogP) is 3.58. The number of ether oxygens (including phenoxy) is 1. The van der Waals surface area contributed by atoms with Crippen molar-refractivity contribution in [1.29, 1.82) is 0 Å². The van der Waals surface area contributed by atoms with E-state index in [1.807, 2.05) is 12.1 Å². The molecule has 0 saturated carbocycles. The minimum Gasteiger partial charge on any atom is -0.492 e. The summed E-state index contributed by atoms with van der Waals surface area (Å²) in [6, 6.07) is 12.2. The lowest BCUT2D eigenvalue weighted by Crippen LogP contribution is -2.30. The lowest BCUT2D eigenvalue weighted by atomic mass is 10.0. The van der Waals surface area contributed by atoms with Crippen LogP contribution in [0.1, 0.15) is 42.6 Å². The summed E-state index contributed by atoms with van der Waals surface area (Å²) in [7, 11) is 0. The zero-order chi connectivity index (χ0) is 18.9. The molecular weight excluding hydrogens is 326 g/mol. The van der Waals surface area contributed by atoms with Crippen LogP contribution >= 0.6 is 0 Å². The molecule has 0 radical (unpaired) electrons. The standard InChI is InChI=1S/C21H29N3O2/c1-3-10-24(11-4-2)12-13-26-18-7-5-6-16(14-18)21(25)17-8-9-19(22)20(23)15-17/h5-9,14-15H,3-4,10-13,22-23H2,1-2H3. The van der Waals surface area contributed by atoms with Crippen LogP contribution < -0.4 is 16.2 Å². The number of hydrogen-bond acceptors (Lipinski definition) is 5. The van der Waals surface area contributed by atoms with Crippen LogP contribution in [0.15, 0.2) is 42.5 Å². The van der Waals surface area contributed by atoms with Crippen molar-refractivity contribution >= 4 is 17.2 Å². The van der Waals surface area contributed by atoms with Crippen LogP contribution in [0.3, 0.4) is 0 Å². The lowest BCUT2D eigenvalue weighted by Gasteiger charge is -2.20. The molecule has 2 rings (SSSR count). The van der Waals surface area contributed by atoms with E-state index >= 15 is 0 Å². The van der Waals surface area contributed by atoms with Crippen LogP contribution in [0.4, 0.5) is 11.4 Å². The van der Waals surface area contributed by atoms with Gasteiger partial charge in [-0.3, -0.25) is 9.69 Å². The molecule has 2 aromatic carbocycles. The number of ketones is 1. The Morgan fingerprint density at radius 3 is 2.27 bits per heavy atom. The molecule has 0 aliphatic rings. The van der Waals surface area contributed by atoms with Gasteiger partial charge in [-0.25, -0.2) is 0 Å². The van der Waals surface area contributed by atoms with Crippen LogP contribution in [0.5, 0.6) is 5.75 Å². The van der Waals surface area contributed by atoms with E-state index in [4.69, 9.17) is 16.2 Å². The summed E-state index contributed by atoms with van der Waals surface area (Å²) < 4.78 is 5.86. The molecule has 26 heavy (non-hydrogen) atoms. The van der Waals surface area contributed by atoms with Crippen molar-refractivity contribution in [2.45, 2.75) is 26.7 Å². The highest BCUT2D eigenvalue weighted by Gasteiger charge is 2.11. The maximum atomic E-state index is 12.7. The second-order valence-corrected chi connectivity index (χ2v) is 6.39. The normalized spacial score (nSPS) is 10.9. The van der Waals surface area contributed by atoms with Crippen molar-refractivity contribution in [3.05, 3.63) is 53.6 Å². The van der Waals surface area contributed by atoms with Gasteiger partial charge in [0.1, 0.15) is 12.4 Å². The smallest absolute Gasteiger partial charge is 0.193 e. The Hall–Kier alpha value is -2.53. The van der Waals surface area contributed by atoms with E-state index in [0.717, 1.165) is 32.5 Å². The van der Waals surface area contributed by atoms with Gasteiger partial charge in [-0.1, -0.05) is 26.0 Å². The third-order valence-corrected chi connectivity index (χ3v) is 4.20. The first kappa shape index (κ1) is 19.8. The van der Waals surface area contributed by atoms with E-state index in [0.29, 0.717) is 34.9 Å². The van der Waals surface area contributed by atoms with E-state index in [9.17, 15) is 4.79 Å². The molecule has 0 fully saturated rings. The van der Waals surface area contributed by atoms with Crippen molar-refractivity contribution in [2.24, 2.45) is 0 Å². The molecule has 0 heterocycles. The van der Waals surface area contributed by atoms with Crippen molar-refractivity contribution in [2.75, 3.05) is 37.7 Å². The predicted molar refractivity (Wildman–Crippen MR) is 108 cm³/mol. The Labute approximate surface area is 155 Å². The van der Waals surface area contributed by atoms with Crippen molar-refractivity contribution in [3.63, 3.8) is 0 Å². The molecule has 5 nitrogen and oxygen atoms in total. The fourth-order valence-corrected chi connectivity index (χ4v) is 2.87. The molecule has 2 aromatic rings. The van der Waals surface area contributed by atoms with Gasteiger partial charge in [0.2, 0.25) is 0 Å². The Morgan fingerprint density at radius 2 is 1.62 bits per heavy atom. The third kappa shape index (κ3) is 5.49. The number of carbonyl (C=O) groups excluding carboxylic acids is 1. The summed E-state index contributed by atoms with van der Waals surface area (Å²) in [5.41, 5.74) is 13.5. The number of benzene rings is 2. The van der Waals surface area contributed by atoms with E-state index in [1.165, 1.54) is 0 Å². The Morgan fingerprint density at radius 1 is 0.923 bits per heavy atom. The molecule has 140 valence electrons. The van der Waals surface area contributed by atoms with Gasteiger partial charge in [0.15, 0.2) is 5.78 Å². The maximum absolute atomic E-state index is 12.7. The molecule has 0 atom stereocenters. The maximum Gasteiger partial charge on any atom is 0.193 e. The van der Waals surface area contributed by atoms with Crippen LogP contribution in [-0.2, 0) is 0 Å². The number of nitrogens with two attached hydrogens (primary N) is 2. The first-order valence-corrected chi connectivity index (χ1v) is 9.20. The average molecular weight is 355 g/mol. The fourth-order valence-electron chi connectivity index (χ4n) is 2.87. The van der Waals surface area contributed by atoms with Gasteiger partial charge < -0.3 is 16.2 Å². The largest absolute Gasteiger partial charge is 0.492 e. The molecule has 0 aliphatic heterocycles. The second-order valence-electron chi connectivity index (χ2n) is 6.39. The monoisotopic (exact) mass is 355 g/mol. The molecule has 5 heteroatoms. The third-order valence-electron chi connectivity index (χ3n) is 4.20. The molecule has 0 aromatic heterocycles. The SMILES string of the molecule is CCCN(CCC)CCOc1cccc(C(=O)c2ccc(N)c(N)c2)c1. The molecule has 0 saturated heterocycles. The molecule has 4 N–H and O–H groups in total. The van der Waals surface area contributed by atoms with Gasteiger partial charge in [-0.15, -0.1) is 0 Å². The van der Waals surface area contributed by atoms with E-state index in [2.05, 4.69) is 18.7 Å². The molecule has 0 spiro atoms. The summed E-state index contributed by atoms with van der Waals surface area (Å²) in [6.07, 6.45) is 2.27. The number of carbonyl (C=O) groups is 1. The van der Waals surface area contributed by atoms with Gasteiger partial charge in [0, 0.05) is 17.7 Å². The molecular formula is C21H29N3O2. The van der Waals surface area contributed by atoms with Crippen LogP contribution in [0.25, 0.3) is 0 Å². The van der Waals surface area contributed by atoms with Crippen molar-refractivity contribution in [1.82, 2.24) is 4.90 Å². The van der Waals surface area contributed by atoms with Crippen molar-refractivity contribution < 1.29 is 9.53 Å². The highest BCUT2D eigenvalue weighted by Crippen LogP contribution is 2.21. The summed E-state index contributed by atoms with van der Waals surface area (Å²) >= 11 is 0. The fraction of sp³-hybridized carbons (Fsp3) is 0.381. The molecule has 0 bridgehead atoms. The van der Waals surface area contributed by atoms with E-state index in [-0.39, 0.29) is 5.78 Å².